The molecule has 0 bridgehead atoms. The van der Waals surface area contributed by atoms with E-state index in [0.29, 0.717) is 12.8 Å². The van der Waals surface area contributed by atoms with Crippen LogP contribution in [0.1, 0.15) is 149 Å². The summed E-state index contributed by atoms with van der Waals surface area (Å²) in [6, 6.07) is 0. The van der Waals surface area contributed by atoms with Crippen molar-refractivity contribution >= 4 is 11.9 Å². The number of carboxylic acid groups (broad SMARTS) is 1. The highest BCUT2D eigenvalue weighted by atomic mass is 16.5. The van der Waals surface area contributed by atoms with E-state index < -0.39 is 5.97 Å². The molecule has 0 aliphatic carbocycles. The van der Waals surface area contributed by atoms with Crippen molar-refractivity contribution in [3.63, 3.8) is 0 Å². The van der Waals surface area contributed by atoms with E-state index >= 15 is 0 Å². The van der Waals surface area contributed by atoms with Crippen molar-refractivity contribution in [3.05, 3.63) is 72.9 Å². The van der Waals surface area contributed by atoms with Gasteiger partial charge in [-0.15, -0.1) is 0 Å². The first-order chi connectivity index (χ1) is 20.6. The first kappa shape index (κ1) is 39.4. The lowest BCUT2D eigenvalue weighted by Gasteiger charge is -2.14. The number of hydrogen-bond donors (Lipinski definition) is 1. The summed E-state index contributed by atoms with van der Waals surface area (Å²) in [6.07, 6.45) is 46.4. The molecule has 0 aromatic heterocycles. The maximum Gasteiger partial charge on any atom is 0.306 e. The zero-order chi connectivity index (χ0) is 30.8. The average Bonchev–Trinajstić information content (AvgIpc) is 2.97. The van der Waals surface area contributed by atoms with Crippen LogP contribution in [0.25, 0.3) is 0 Å². The topological polar surface area (TPSA) is 63.6 Å². The second kappa shape index (κ2) is 32.9. The minimum Gasteiger partial charge on any atom is -0.481 e. The normalized spacial score (nSPS) is 13.2. The van der Waals surface area contributed by atoms with Crippen LogP contribution in [0.4, 0.5) is 0 Å². The summed E-state index contributed by atoms with van der Waals surface area (Å²) in [5, 5.41) is 8.78. The molecule has 1 N–H and O–H groups in total. The highest BCUT2D eigenvalue weighted by molar-refractivity contribution is 5.69. The average molecular weight is 583 g/mol. The number of esters is 1. The molecule has 238 valence electrons. The first-order valence-corrected chi connectivity index (χ1v) is 16.9. The number of unbranched alkanes of at least 4 members (excludes halogenated alkanes) is 10. The first-order valence-electron chi connectivity index (χ1n) is 16.9. The monoisotopic (exact) mass is 582 g/mol. The minimum absolute atomic E-state index is 0.101. The van der Waals surface area contributed by atoms with Crippen molar-refractivity contribution in [2.75, 3.05) is 0 Å². The van der Waals surface area contributed by atoms with Crippen molar-refractivity contribution in [3.8, 4) is 0 Å². The van der Waals surface area contributed by atoms with E-state index in [0.717, 1.165) is 89.9 Å². The Bertz CT molecular complexity index is 800. The number of rotatable bonds is 29. The Morgan fingerprint density at radius 1 is 0.571 bits per heavy atom. The highest BCUT2D eigenvalue weighted by Crippen LogP contribution is 2.14. The Labute approximate surface area is 258 Å². The molecular formula is C38H62O4. The van der Waals surface area contributed by atoms with Crippen LogP contribution in [-0.4, -0.2) is 23.1 Å². The van der Waals surface area contributed by atoms with Crippen LogP contribution in [0.5, 0.6) is 0 Å². The van der Waals surface area contributed by atoms with E-state index in [1.54, 1.807) is 0 Å². The van der Waals surface area contributed by atoms with Gasteiger partial charge in [0.15, 0.2) is 0 Å². The van der Waals surface area contributed by atoms with E-state index in [4.69, 9.17) is 9.84 Å². The summed E-state index contributed by atoms with van der Waals surface area (Å²) in [4.78, 5) is 23.1. The maximum atomic E-state index is 12.5. The van der Waals surface area contributed by atoms with Crippen molar-refractivity contribution < 1.29 is 19.4 Å². The van der Waals surface area contributed by atoms with Gasteiger partial charge in [0.05, 0.1) is 0 Å². The third-order valence-electron chi connectivity index (χ3n) is 6.90. The maximum absolute atomic E-state index is 12.5. The molecule has 0 fully saturated rings. The number of hydrogen-bond acceptors (Lipinski definition) is 3. The van der Waals surface area contributed by atoms with Crippen LogP contribution in [0.3, 0.4) is 0 Å². The number of carbonyl (C=O) groups excluding carboxylic acids is 1. The molecule has 0 aliphatic rings. The molecule has 0 aromatic carbocycles. The van der Waals surface area contributed by atoms with Crippen LogP contribution in [0.15, 0.2) is 72.9 Å². The number of aliphatic carboxylic acids is 1. The summed E-state index contributed by atoms with van der Waals surface area (Å²) in [7, 11) is 0. The fourth-order valence-corrected chi connectivity index (χ4v) is 4.41. The highest BCUT2D eigenvalue weighted by Gasteiger charge is 2.11. The molecule has 0 rings (SSSR count). The largest absolute Gasteiger partial charge is 0.481 e. The summed E-state index contributed by atoms with van der Waals surface area (Å²) in [5.74, 6) is -0.831. The second-order valence-electron chi connectivity index (χ2n) is 11.0. The summed E-state index contributed by atoms with van der Waals surface area (Å²) >= 11 is 0. The molecule has 1 atom stereocenters. The van der Waals surface area contributed by atoms with Crippen molar-refractivity contribution in [1.82, 2.24) is 0 Å². The minimum atomic E-state index is -0.731. The molecule has 0 aromatic rings. The fourth-order valence-electron chi connectivity index (χ4n) is 4.41. The fraction of sp³-hybridized carbons (Fsp3) is 0.632. The molecule has 0 saturated carbocycles. The van der Waals surface area contributed by atoms with Crippen molar-refractivity contribution in [2.45, 2.75) is 155 Å². The second-order valence-corrected chi connectivity index (χ2v) is 11.0. The molecular weight excluding hydrogens is 520 g/mol. The van der Waals surface area contributed by atoms with Gasteiger partial charge in [-0.2, -0.15) is 0 Å². The lowest BCUT2D eigenvalue weighted by Crippen LogP contribution is -2.16. The quantitative estimate of drug-likeness (QED) is 0.0541. The van der Waals surface area contributed by atoms with E-state index in [2.05, 4.69) is 86.8 Å². The van der Waals surface area contributed by atoms with Crippen LogP contribution in [-0.2, 0) is 14.3 Å². The molecule has 1 unspecified atom stereocenters. The van der Waals surface area contributed by atoms with E-state index in [9.17, 15) is 9.59 Å². The van der Waals surface area contributed by atoms with Gasteiger partial charge in [-0.25, -0.2) is 0 Å². The van der Waals surface area contributed by atoms with E-state index in [1.165, 1.54) is 25.7 Å². The Hall–Kier alpha value is -2.62. The zero-order valence-electron chi connectivity index (χ0n) is 27.0. The standard InChI is InChI=1S/C38H62O4/c1-3-5-7-9-11-12-13-14-15-16-17-18-19-20-21-22-23-25-31-35-38(41)42-36(32-28-24-10-8-6-4-2)33-29-26-27-30-34-37(39)40/h5,7,11-12,14-15,17-18,20-21,28,32,36H,3-4,6,8-10,13,16,19,22-27,29-31,33-35H2,1-2H3,(H,39,40)/b7-5-,12-11-,15-14-,18-17-,21-20-,32-28-. The lowest BCUT2D eigenvalue weighted by atomic mass is 10.1. The van der Waals surface area contributed by atoms with Crippen LogP contribution in [0, 0.1) is 0 Å². The Morgan fingerprint density at radius 3 is 1.67 bits per heavy atom. The molecule has 0 amide bonds. The smallest absolute Gasteiger partial charge is 0.306 e. The SMILES string of the molecule is CC/C=C\C/C=C\C/C=C\C/C=C\C/C=C\CCCCCC(=O)OC(/C=C\CCCCCC)CCCCCCC(=O)O. The van der Waals surface area contributed by atoms with Gasteiger partial charge in [0.2, 0.25) is 0 Å². The van der Waals surface area contributed by atoms with E-state index in [-0.39, 0.29) is 18.5 Å². The lowest BCUT2D eigenvalue weighted by molar-refractivity contribution is -0.147. The van der Waals surface area contributed by atoms with Gasteiger partial charge in [-0.1, -0.05) is 119 Å². The molecule has 4 nitrogen and oxygen atoms in total. The van der Waals surface area contributed by atoms with Crippen LogP contribution < -0.4 is 0 Å². The summed E-state index contributed by atoms with van der Waals surface area (Å²) in [6.45, 7) is 4.37. The van der Waals surface area contributed by atoms with Gasteiger partial charge < -0.3 is 9.84 Å². The predicted molar refractivity (Wildman–Crippen MR) is 181 cm³/mol. The molecule has 4 heteroatoms. The number of carboxylic acids is 1. The van der Waals surface area contributed by atoms with Crippen LogP contribution >= 0.6 is 0 Å². The molecule has 0 heterocycles. The molecule has 0 aliphatic heterocycles. The third-order valence-corrected chi connectivity index (χ3v) is 6.90. The molecule has 0 spiro atoms. The molecule has 0 saturated heterocycles. The third kappa shape index (κ3) is 31.9. The Morgan fingerprint density at radius 2 is 1.07 bits per heavy atom. The Balaban J connectivity index is 4.04. The number of ether oxygens (including phenoxy) is 1. The molecule has 42 heavy (non-hydrogen) atoms. The van der Waals surface area contributed by atoms with Crippen molar-refractivity contribution in [2.24, 2.45) is 0 Å². The van der Waals surface area contributed by atoms with Gasteiger partial charge in [0, 0.05) is 12.8 Å². The van der Waals surface area contributed by atoms with Gasteiger partial charge >= 0.3 is 11.9 Å². The van der Waals surface area contributed by atoms with Gasteiger partial charge in [0.1, 0.15) is 6.10 Å². The van der Waals surface area contributed by atoms with Gasteiger partial charge in [0.25, 0.3) is 0 Å². The van der Waals surface area contributed by atoms with Crippen LogP contribution in [0.2, 0.25) is 0 Å². The van der Waals surface area contributed by atoms with Gasteiger partial charge in [-0.3, -0.25) is 9.59 Å². The molecule has 0 radical (unpaired) electrons. The van der Waals surface area contributed by atoms with Gasteiger partial charge in [-0.05, 0) is 89.5 Å². The predicted octanol–water partition coefficient (Wildman–Crippen LogP) is 11.6. The van der Waals surface area contributed by atoms with E-state index in [1.807, 2.05) is 0 Å². The zero-order valence-corrected chi connectivity index (χ0v) is 27.0. The summed E-state index contributed by atoms with van der Waals surface area (Å²) < 4.78 is 5.81. The Kier molecular flexibility index (Phi) is 30.8. The number of carbonyl (C=O) groups is 2. The number of allylic oxidation sites excluding steroid dienone is 11. The van der Waals surface area contributed by atoms with Crippen molar-refractivity contribution in [1.29, 1.82) is 0 Å². The summed E-state index contributed by atoms with van der Waals surface area (Å²) in [5.41, 5.74) is 0.